The second-order valence-corrected chi connectivity index (χ2v) is 3.29. The molecule has 0 bridgehead atoms. The molecule has 0 aromatic heterocycles. The van der Waals surface area contributed by atoms with Gasteiger partial charge in [0, 0.05) is 12.0 Å². The standard InChI is InChI=1S/C13H15N/c1-2-3-7-13(11-14)10-12-8-5-4-6-9-12/h4-9H,2-3,10H2,1H3/b13-7-. The third-order valence-electron chi connectivity index (χ3n) is 2.06. The largest absolute Gasteiger partial charge is 0.193 e. The van der Waals surface area contributed by atoms with Gasteiger partial charge in [-0.1, -0.05) is 49.8 Å². The molecule has 0 spiro atoms. The first-order chi connectivity index (χ1) is 6.86. The van der Waals surface area contributed by atoms with Gasteiger partial charge >= 0.3 is 0 Å². The molecule has 1 heteroatoms. The van der Waals surface area contributed by atoms with Crippen LogP contribution in [0.4, 0.5) is 0 Å². The average Bonchev–Trinajstić information content (AvgIpc) is 2.25. The lowest BCUT2D eigenvalue weighted by Gasteiger charge is -1.98. The lowest BCUT2D eigenvalue weighted by Crippen LogP contribution is -1.87. The molecule has 14 heavy (non-hydrogen) atoms. The fraction of sp³-hybridized carbons (Fsp3) is 0.308. The summed E-state index contributed by atoms with van der Waals surface area (Å²) in [7, 11) is 0. The molecule has 0 unspecified atom stereocenters. The monoisotopic (exact) mass is 185 g/mol. The maximum absolute atomic E-state index is 8.90. The Hall–Kier alpha value is -1.55. The van der Waals surface area contributed by atoms with Crippen molar-refractivity contribution in [2.45, 2.75) is 26.2 Å². The van der Waals surface area contributed by atoms with Crippen molar-refractivity contribution in [3.05, 3.63) is 47.5 Å². The van der Waals surface area contributed by atoms with Crippen LogP contribution in [0, 0.1) is 11.3 Å². The van der Waals surface area contributed by atoms with Gasteiger partial charge < -0.3 is 0 Å². The molecular weight excluding hydrogens is 170 g/mol. The maximum atomic E-state index is 8.90. The second-order valence-electron chi connectivity index (χ2n) is 3.29. The highest BCUT2D eigenvalue weighted by Crippen LogP contribution is 2.08. The Bertz CT molecular complexity index is 330. The normalized spacial score (nSPS) is 11.0. The number of rotatable bonds is 4. The molecule has 1 nitrogen and oxygen atoms in total. The SMILES string of the molecule is CCC/C=C(\C#N)Cc1ccccc1. The summed E-state index contributed by atoms with van der Waals surface area (Å²) in [5.41, 5.74) is 2.08. The van der Waals surface area contributed by atoms with Crippen LogP contribution in [-0.4, -0.2) is 0 Å². The van der Waals surface area contributed by atoms with E-state index in [1.807, 2.05) is 24.3 Å². The van der Waals surface area contributed by atoms with E-state index in [0.717, 1.165) is 24.8 Å². The van der Waals surface area contributed by atoms with Crippen molar-refractivity contribution in [1.82, 2.24) is 0 Å². The molecule has 1 rings (SSSR count). The minimum Gasteiger partial charge on any atom is -0.193 e. The van der Waals surface area contributed by atoms with Gasteiger partial charge in [-0.25, -0.2) is 0 Å². The molecule has 1 aromatic rings. The summed E-state index contributed by atoms with van der Waals surface area (Å²) in [6.45, 7) is 2.12. The van der Waals surface area contributed by atoms with Gasteiger partial charge in [0.15, 0.2) is 0 Å². The van der Waals surface area contributed by atoms with Crippen molar-refractivity contribution in [3.8, 4) is 6.07 Å². The second kappa shape index (κ2) is 5.99. The Morgan fingerprint density at radius 3 is 2.64 bits per heavy atom. The van der Waals surface area contributed by atoms with Crippen LogP contribution in [0.3, 0.4) is 0 Å². The Morgan fingerprint density at radius 2 is 2.07 bits per heavy atom. The average molecular weight is 185 g/mol. The first-order valence-electron chi connectivity index (χ1n) is 5.00. The Kier molecular flexibility index (Phi) is 4.50. The third-order valence-corrected chi connectivity index (χ3v) is 2.06. The third kappa shape index (κ3) is 3.45. The minimum absolute atomic E-state index is 0.761. The highest BCUT2D eigenvalue weighted by Gasteiger charge is 1.96. The zero-order valence-corrected chi connectivity index (χ0v) is 8.53. The van der Waals surface area contributed by atoms with Gasteiger partial charge in [-0.15, -0.1) is 0 Å². The van der Waals surface area contributed by atoms with Gasteiger partial charge in [-0.2, -0.15) is 5.26 Å². The summed E-state index contributed by atoms with van der Waals surface area (Å²) in [5.74, 6) is 0. The smallest absolute Gasteiger partial charge is 0.0947 e. The van der Waals surface area contributed by atoms with Crippen molar-refractivity contribution < 1.29 is 0 Å². The van der Waals surface area contributed by atoms with E-state index in [-0.39, 0.29) is 0 Å². The predicted molar refractivity (Wildman–Crippen MR) is 58.8 cm³/mol. The Labute approximate surface area is 85.7 Å². The van der Waals surface area contributed by atoms with Crippen LogP contribution in [0.15, 0.2) is 42.0 Å². The number of allylic oxidation sites excluding steroid dienone is 2. The molecule has 0 aliphatic heterocycles. The fourth-order valence-electron chi connectivity index (χ4n) is 1.29. The van der Waals surface area contributed by atoms with E-state index in [9.17, 15) is 0 Å². The number of nitriles is 1. The van der Waals surface area contributed by atoms with Crippen LogP contribution in [0.2, 0.25) is 0 Å². The Morgan fingerprint density at radius 1 is 1.36 bits per heavy atom. The highest BCUT2D eigenvalue weighted by molar-refractivity contribution is 5.29. The fourth-order valence-corrected chi connectivity index (χ4v) is 1.29. The zero-order valence-electron chi connectivity index (χ0n) is 8.53. The van der Waals surface area contributed by atoms with Crippen molar-refractivity contribution in [1.29, 1.82) is 5.26 Å². The number of benzene rings is 1. The summed E-state index contributed by atoms with van der Waals surface area (Å²) in [5, 5.41) is 8.90. The van der Waals surface area contributed by atoms with Gasteiger partial charge in [0.05, 0.1) is 6.07 Å². The van der Waals surface area contributed by atoms with Crippen molar-refractivity contribution in [2.75, 3.05) is 0 Å². The molecule has 0 aliphatic carbocycles. The molecule has 0 heterocycles. The van der Waals surface area contributed by atoms with Crippen LogP contribution < -0.4 is 0 Å². The molecule has 0 saturated heterocycles. The molecule has 0 aliphatic rings. The van der Waals surface area contributed by atoms with Crippen LogP contribution in [-0.2, 0) is 6.42 Å². The Balaban J connectivity index is 2.63. The number of unbranched alkanes of at least 4 members (excludes halogenated alkanes) is 1. The number of hydrogen-bond donors (Lipinski definition) is 0. The number of nitrogens with zero attached hydrogens (tertiary/aromatic N) is 1. The summed E-state index contributed by atoms with van der Waals surface area (Å²) in [4.78, 5) is 0. The van der Waals surface area contributed by atoms with E-state index in [1.54, 1.807) is 0 Å². The van der Waals surface area contributed by atoms with E-state index >= 15 is 0 Å². The first-order valence-corrected chi connectivity index (χ1v) is 5.00. The molecule has 0 fully saturated rings. The lowest BCUT2D eigenvalue weighted by atomic mass is 10.1. The predicted octanol–water partition coefficient (Wildman–Crippen LogP) is 3.48. The highest BCUT2D eigenvalue weighted by atomic mass is 14.2. The summed E-state index contributed by atoms with van der Waals surface area (Å²) < 4.78 is 0. The molecule has 0 saturated carbocycles. The molecule has 1 aromatic carbocycles. The quantitative estimate of drug-likeness (QED) is 0.659. The molecule has 0 atom stereocenters. The van der Waals surface area contributed by atoms with Gasteiger partial charge in [-0.3, -0.25) is 0 Å². The lowest BCUT2D eigenvalue weighted by molar-refractivity contribution is 0.946. The van der Waals surface area contributed by atoms with Gasteiger partial charge in [0.1, 0.15) is 0 Å². The van der Waals surface area contributed by atoms with Crippen LogP contribution >= 0.6 is 0 Å². The number of hydrogen-bond acceptors (Lipinski definition) is 1. The van der Waals surface area contributed by atoms with Crippen molar-refractivity contribution in [3.63, 3.8) is 0 Å². The van der Waals surface area contributed by atoms with Crippen LogP contribution in [0.25, 0.3) is 0 Å². The zero-order chi connectivity index (χ0) is 10.2. The van der Waals surface area contributed by atoms with E-state index in [0.29, 0.717) is 0 Å². The van der Waals surface area contributed by atoms with E-state index in [1.165, 1.54) is 5.56 Å². The van der Waals surface area contributed by atoms with E-state index in [2.05, 4.69) is 25.1 Å². The first kappa shape index (κ1) is 10.5. The maximum Gasteiger partial charge on any atom is 0.0947 e. The molecular formula is C13H15N. The van der Waals surface area contributed by atoms with Crippen LogP contribution in [0.1, 0.15) is 25.3 Å². The summed E-state index contributed by atoms with van der Waals surface area (Å²) in [6.07, 6.45) is 4.89. The van der Waals surface area contributed by atoms with Gasteiger partial charge in [-0.05, 0) is 12.0 Å². The van der Waals surface area contributed by atoms with Crippen molar-refractivity contribution in [2.24, 2.45) is 0 Å². The van der Waals surface area contributed by atoms with Gasteiger partial charge in [0.2, 0.25) is 0 Å². The summed E-state index contributed by atoms with van der Waals surface area (Å²) >= 11 is 0. The molecule has 0 radical (unpaired) electrons. The van der Waals surface area contributed by atoms with Crippen molar-refractivity contribution >= 4 is 0 Å². The van der Waals surface area contributed by atoms with Gasteiger partial charge in [0.25, 0.3) is 0 Å². The molecule has 0 N–H and O–H groups in total. The molecule has 0 amide bonds. The minimum atomic E-state index is 0.761. The topological polar surface area (TPSA) is 23.8 Å². The summed E-state index contributed by atoms with van der Waals surface area (Å²) in [6, 6.07) is 12.4. The van der Waals surface area contributed by atoms with Crippen LogP contribution in [0.5, 0.6) is 0 Å². The molecule has 72 valence electrons. The van der Waals surface area contributed by atoms with E-state index < -0.39 is 0 Å². The van der Waals surface area contributed by atoms with E-state index in [4.69, 9.17) is 5.26 Å².